The average Bonchev–Trinajstić information content (AvgIpc) is 2.00. The molecule has 0 saturated carbocycles. The number of hydrogen-bond donors (Lipinski definition) is 0. The van der Waals surface area contributed by atoms with Gasteiger partial charge in [0, 0.05) is 4.83 Å². The summed E-state index contributed by atoms with van der Waals surface area (Å²) in [6.45, 7) is 9.24. The van der Waals surface area contributed by atoms with Crippen molar-refractivity contribution in [3.63, 3.8) is 0 Å². The van der Waals surface area contributed by atoms with Crippen molar-refractivity contribution < 1.29 is 0 Å². The van der Waals surface area contributed by atoms with E-state index in [2.05, 4.69) is 43.6 Å². The molecular weight excluding hydrogens is 224 g/mol. The standard InChI is InChI=1S/C12H25Br/c1-5-6-11(4)7-8-12(13)9-10(2)3/h10-12H,5-9H2,1-4H3. The lowest BCUT2D eigenvalue weighted by Gasteiger charge is -2.15. The van der Waals surface area contributed by atoms with Crippen molar-refractivity contribution in [2.75, 3.05) is 0 Å². The molecule has 0 aliphatic rings. The van der Waals surface area contributed by atoms with Crippen LogP contribution < -0.4 is 0 Å². The van der Waals surface area contributed by atoms with E-state index in [4.69, 9.17) is 0 Å². The van der Waals surface area contributed by atoms with E-state index in [0.29, 0.717) is 0 Å². The van der Waals surface area contributed by atoms with Crippen LogP contribution in [-0.4, -0.2) is 4.83 Å². The van der Waals surface area contributed by atoms with Crippen LogP contribution in [0, 0.1) is 11.8 Å². The van der Waals surface area contributed by atoms with Crippen molar-refractivity contribution in [3.8, 4) is 0 Å². The summed E-state index contributed by atoms with van der Waals surface area (Å²) in [7, 11) is 0. The first-order chi connectivity index (χ1) is 6.06. The second kappa shape index (κ2) is 7.84. The van der Waals surface area contributed by atoms with Gasteiger partial charge in [-0.1, -0.05) is 56.5 Å². The van der Waals surface area contributed by atoms with Gasteiger partial charge >= 0.3 is 0 Å². The zero-order valence-corrected chi connectivity index (χ0v) is 11.2. The molecule has 13 heavy (non-hydrogen) atoms. The molecule has 80 valence electrons. The van der Waals surface area contributed by atoms with Gasteiger partial charge in [0.05, 0.1) is 0 Å². The van der Waals surface area contributed by atoms with E-state index in [9.17, 15) is 0 Å². The van der Waals surface area contributed by atoms with E-state index < -0.39 is 0 Å². The zero-order valence-electron chi connectivity index (χ0n) is 9.65. The van der Waals surface area contributed by atoms with E-state index >= 15 is 0 Å². The van der Waals surface area contributed by atoms with Gasteiger partial charge < -0.3 is 0 Å². The van der Waals surface area contributed by atoms with Crippen molar-refractivity contribution in [1.29, 1.82) is 0 Å². The second-order valence-electron chi connectivity index (χ2n) is 4.70. The third kappa shape index (κ3) is 8.80. The highest BCUT2D eigenvalue weighted by molar-refractivity contribution is 9.09. The average molecular weight is 249 g/mol. The Morgan fingerprint density at radius 2 is 1.62 bits per heavy atom. The summed E-state index contributed by atoms with van der Waals surface area (Å²) in [6, 6.07) is 0. The summed E-state index contributed by atoms with van der Waals surface area (Å²) in [6.07, 6.45) is 6.77. The van der Waals surface area contributed by atoms with Crippen LogP contribution in [-0.2, 0) is 0 Å². The molecule has 0 spiro atoms. The molecule has 0 aromatic rings. The summed E-state index contributed by atoms with van der Waals surface area (Å²) in [4.78, 5) is 0.742. The number of alkyl halides is 1. The van der Waals surface area contributed by atoms with Crippen LogP contribution in [0.4, 0.5) is 0 Å². The lowest BCUT2D eigenvalue weighted by atomic mass is 9.97. The Hall–Kier alpha value is 0.480. The predicted octanol–water partition coefficient (Wildman–Crippen LogP) is 5.01. The molecule has 1 heteroatoms. The van der Waals surface area contributed by atoms with Crippen LogP contribution in [0.25, 0.3) is 0 Å². The fraction of sp³-hybridized carbons (Fsp3) is 1.00. The second-order valence-corrected chi connectivity index (χ2v) is 5.99. The van der Waals surface area contributed by atoms with Gasteiger partial charge in [0.15, 0.2) is 0 Å². The Balaban J connectivity index is 3.40. The summed E-state index contributed by atoms with van der Waals surface area (Å²) < 4.78 is 0. The molecule has 0 fully saturated rings. The Morgan fingerprint density at radius 1 is 1.00 bits per heavy atom. The van der Waals surface area contributed by atoms with Gasteiger partial charge in [0.2, 0.25) is 0 Å². The highest BCUT2D eigenvalue weighted by atomic mass is 79.9. The molecule has 2 unspecified atom stereocenters. The number of rotatable bonds is 7. The van der Waals surface area contributed by atoms with E-state index in [-0.39, 0.29) is 0 Å². The van der Waals surface area contributed by atoms with Gasteiger partial charge in [-0.3, -0.25) is 0 Å². The number of halogens is 1. The van der Waals surface area contributed by atoms with Gasteiger partial charge in [-0.2, -0.15) is 0 Å². The molecule has 0 heterocycles. The van der Waals surface area contributed by atoms with Crippen LogP contribution in [0.2, 0.25) is 0 Å². The molecule has 0 saturated heterocycles. The summed E-state index contributed by atoms with van der Waals surface area (Å²) in [5.41, 5.74) is 0. The summed E-state index contributed by atoms with van der Waals surface area (Å²) in [5, 5.41) is 0. The van der Waals surface area contributed by atoms with E-state index in [0.717, 1.165) is 16.7 Å². The molecule has 0 aliphatic carbocycles. The van der Waals surface area contributed by atoms with Crippen LogP contribution in [0.5, 0.6) is 0 Å². The minimum atomic E-state index is 0.742. The molecule has 0 bridgehead atoms. The van der Waals surface area contributed by atoms with Crippen molar-refractivity contribution >= 4 is 15.9 Å². The molecule has 0 N–H and O–H groups in total. The molecule has 2 atom stereocenters. The highest BCUT2D eigenvalue weighted by Crippen LogP contribution is 2.21. The maximum atomic E-state index is 3.76. The van der Waals surface area contributed by atoms with Crippen LogP contribution in [0.3, 0.4) is 0 Å². The van der Waals surface area contributed by atoms with Gasteiger partial charge in [-0.15, -0.1) is 0 Å². The fourth-order valence-electron chi connectivity index (χ4n) is 1.73. The first kappa shape index (κ1) is 13.5. The van der Waals surface area contributed by atoms with Gasteiger partial charge in [0.25, 0.3) is 0 Å². The fourth-order valence-corrected chi connectivity index (χ4v) is 2.74. The summed E-state index contributed by atoms with van der Waals surface area (Å²) in [5.74, 6) is 1.74. The van der Waals surface area contributed by atoms with Crippen LogP contribution >= 0.6 is 15.9 Å². The highest BCUT2D eigenvalue weighted by Gasteiger charge is 2.08. The third-order valence-corrected chi connectivity index (χ3v) is 3.31. The molecule has 0 rings (SSSR count). The maximum Gasteiger partial charge on any atom is 0.0148 e. The topological polar surface area (TPSA) is 0 Å². The van der Waals surface area contributed by atoms with E-state index in [1.807, 2.05) is 0 Å². The Kier molecular flexibility index (Phi) is 8.13. The Bertz CT molecular complexity index is 110. The van der Waals surface area contributed by atoms with E-state index in [1.165, 1.54) is 32.1 Å². The summed E-state index contributed by atoms with van der Waals surface area (Å²) >= 11 is 3.76. The molecular formula is C12H25Br. The van der Waals surface area contributed by atoms with Gasteiger partial charge in [-0.05, 0) is 31.1 Å². The van der Waals surface area contributed by atoms with Gasteiger partial charge in [-0.25, -0.2) is 0 Å². The van der Waals surface area contributed by atoms with Gasteiger partial charge in [0.1, 0.15) is 0 Å². The normalized spacial score (nSPS) is 16.2. The minimum absolute atomic E-state index is 0.742. The predicted molar refractivity (Wildman–Crippen MR) is 65.5 cm³/mol. The quantitative estimate of drug-likeness (QED) is 0.556. The molecule has 0 radical (unpaired) electrons. The third-order valence-electron chi connectivity index (χ3n) is 2.48. The molecule has 0 aliphatic heterocycles. The monoisotopic (exact) mass is 248 g/mol. The van der Waals surface area contributed by atoms with E-state index in [1.54, 1.807) is 0 Å². The zero-order chi connectivity index (χ0) is 10.3. The van der Waals surface area contributed by atoms with Crippen molar-refractivity contribution in [1.82, 2.24) is 0 Å². The maximum absolute atomic E-state index is 3.76. The SMILES string of the molecule is CCCC(C)CCC(Br)CC(C)C. The molecule has 0 amide bonds. The minimum Gasteiger partial charge on any atom is -0.0891 e. The number of hydrogen-bond acceptors (Lipinski definition) is 0. The molecule has 0 nitrogen and oxygen atoms in total. The largest absolute Gasteiger partial charge is 0.0891 e. The first-order valence-electron chi connectivity index (χ1n) is 5.70. The Morgan fingerprint density at radius 3 is 2.08 bits per heavy atom. The lowest BCUT2D eigenvalue weighted by molar-refractivity contribution is 0.447. The molecule has 0 aromatic carbocycles. The van der Waals surface area contributed by atoms with Crippen LogP contribution in [0.1, 0.15) is 59.8 Å². The smallest absolute Gasteiger partial charge is 0.0148 e. The Labute approximate surface area is 92.6 Å². The lowest BCUT2D eigenvalue weighted by Crippen LogP contribution is -2.05. The first-order valence-corrected chi connectivity index (χ1v) is 6.61. The molecule has 0 aromatic heterocycles. The van der Waals surface area contributed by atoms with Crippen LogP contribution in [0.15, 0.2) is 0 Å². The van der Waals surface area contributed by atoms with Crippen molar-refractivity contribution in [3.05, 3.63) is 0 Å². The van der Waals surface area contributed by atoms with Crippen molar-refractivity contribution in [2.24, 2.45) is 11.8 Å². The van der Waals surface area contributed by atoms with Crippen molar-refractivity contribution in [2.45, 2.75) is 64.6 Å².